The fourth-order valence-corrected chi connectivity index (χ4v) is 4.38. The van der Waals surface area contributed by atoms with Crippen LogP contribution in [0.5, 0.6) is 5.75 Å². The van der Waals surface area contributed by atoms with Gasteiger partial charge in [0.15, 0.2) is 0 Å². The zero-order valence-electron chi connectivity index (χ0n) is 18.4. The van der Waals surface area contributed by atoms with Crippen LogP contribution in [-0.4, -0.2) is 83.5 Å². The molecule has 0 spiro atoms. The summed E-state index contributed by atoms with van der Waals surface area (Å²) in [6, 6.07) is 8.61. The molecule has 1 aromatic heterocycles. The summed E-state index contributed by atoms with van der Waals surface area (Å²) in [5, 5.41) is 1.01. The van der Waals surface area contributed by atoms with Gasteiger partial charge in [-0.05, 0) is 51.0 Å². The van der Waals surface area contributed by atoms with Crippen LogP contribution in [0.2, 0.25) is 0 Å². The SMILES string of the molecule is CC(C)N1CCC(Oc2ccc3c(c2)cc2n3CCN(CC(=O)N(C)C)C2=O)CC1. The molecule has 0 atom stereocenters. The molecule has 2 amide bonds. The average molecular weight is 413 g/mol. The number of aromatic nitrogens is 1. The summed E-state index contributed by atoms with van der Waals surface area (Å²) >= 11 is 0. The second kappa shape index (κ2) is 8.30. The zero-order valence-corrected chi connectivity index (χ0v) is 18.4. The maximum atomic E-state index is 12.9. The molecular formula is C23H32N4O3. The van der Waals surface area contributed by atoms with E-state index in [0.717, 1.165) is 42.6 Å². The van der Waals surface area contributed by atoms with Crippen LogP contribution < -0.4 is 4.74 Å². The van der Waals surface area contributed by atoms with Crippen LogP contribution in [0.3, 0.4) is 0 Å². The maximum absolute atomic E-state index is 12.9. The predicted octanol–water partition coefficient (Wildman–Crippen LogP) is 2.44. The summed E-state index contributed by atoms with van der Waals surface area (Å²) in [6.07, 6.45) is 2.31. The third kappa shape index (κ3) is 4.03. The van der Waals surface area contributed by atoms with E-state index in [1.807, 2.05) is 24.3 Å². The molecule has 1 fully saturated rings. The number of likely N-dealkylation sites (tertiary alicyclic amines) is 1. The summed E-state index contributed by atoms with van der Waals surface area (Å²) in [6.45, 7) is 7.98. The van der Waals surface area contributed by atoms with Gasteiger partial charge in [-0.25, -0.2) is 0 Å². The molecule has 0 unspecified atom stereocenters. The summed E-state index contributed by atoms with van der Waals surface area (Å²) in [5.74, 6) is 0.712. The average Bonchev–Trinajstić information content (AvgIpc) is 3.09. The van der Waals surface area contributed by atoms with E-state index in [2.05, 4.69) is 23.3 Å². The normalized spacial score (nSPS) is 18.2. The van der Waals surface area contributed by atoms with Crippen LogP contribution in [-0.2, 0) is 11.3 Å². The molecule has 4 rings (SSSR count). The van der Waals surface area contributed by atoms with E-state index < -0.39 is 0 Å². The third-order valence-corrected chi connectivity index (χ3v) is 6.31. The molecule has 3 heterocycles. The van der Waals surface area contributed by atoms with Crippen molar-refractivity contribution < 1.29 is 14.3 Å². The van der Waals surface area contributed by atoms with Crippen molar-refractivity contribution in [2.24, 2.45) is 0 Å². The first-order valence-corrected chi connectivity index (χ1v) is 10.9. The van der Waals surface area contributed by atoms with E-state index in [4.69, 9.17) is 4.74 Å². The van der Waals surface area contributed by atoms with Crippen LogP contribution in [0.15, 0.2) is 24.3 Å². The molecule has 2 aliphatic rings. The zero-order chi connectivity index (χ0) is 21.4. The number of piperidine rings is 1. The summed E-state index contributed by atoms with van der Waals surface area (Å²) < 4.78 is 8.32. The number of rotatable bonds is 5. The number of hydrogen-bond acceptors (Lipinski definition) is 4. The van der Waals surface area contributed by atoms with E-state index in [-0.39, 0.29) is 24.5 Å². The van der Waals surface area contributed by atoms with E-state index in [0.29, 0.717) is 24.8 Å². The number of nitrogens with zero attached hydrogens (tertiary/aromatic N) is 4. The molecule has 0 saturated carbocycles. The van der Waals surface area contributed by atoms with Gasteiger partial charge in [0, 0.05) is 57.2 Å². The minimum atomic E-state index is -0.0869. The molecule has 30 heavy (non-hydrogen) atoms. The highest BCUT2D eigenvalue weighted by atomic mass is 16.5. The van der Waals surface area contributed by atoms with Crippen LogP contribution >= 0.6 is 0 Å². The topological polar surface area (TPSA) is 58.0 Å². The second-order valence-electron chi connectivity index (χ2n) is 8.86. The van der Waals surface area contributed by atoms with Gasteiger partial charge in [0.25, 0.3) is 5.91 Å². The van der Waals surface area contributed by atoms with Gasteiger partial charge in [-0.3, -0.25) is 9.59 Å². The molecule has 7 heteroatoms. The summed E-state index contributed by atoms with van der Waals surface area (Å²) in [5.41, 5.74) is 1.68. The Morgan fingerprint density at radius 3 is 2.53 bits per heavy atom. The highest BCUT2D eigenvalue weighted by Crippen LogP contribution is 2.29. The number of ether oxygens (including phenoxy) is 1. The lowest BCUT2D eigenvalue weighted by molar-refractivity contribution is -0.129. The predicted molar refractivity (Wildman–Crippen MR) is 117 cm³/mol. The van der Waals surface area contributed by atoms with E-state index in [9.17, 15) is 9.59 Å². The van der Waals surface area contributed by atoms with Crippen molar-refractivity contribution in [3.8, 4) is 5.75 Å². The van der Waals surface area contributed by atoms with Crippen LogP contribution in [0.25, 0.3) is 10.9 Å². The number of fused-ring (bicyclic) bond motifs is 3. The Balaban J connectivity index is 1.48. The number of carbonyl (C=O) groups excluding carboxylic acids is 2. The number of likely N-dealkylation sites (N-methyl/N-ethyl adjacent to an activating group) is 1. The van der Waals surface area contributed by atoms with Gasteiger partial charge >= 0.3 is 0 Å². The van der Waals surface area contributed by atoms with Crippen molar-refractivity contribution in [2.45, 2.75) is 45.4 Å². The molecule has 162 valence electrons. The smallest absolute Gasteiger partial charge is 0.271 e. The van der Waals surface area contributed by atoms with Gasteiger partial charge in [-0.15, -0.1) is 0 Å². The van der Waals surface area contributed by atoms with E-state index in [1.54, 1.807) is 19.0 Å². The number of hydrogen-bond donors (Lipinski definition) is 0. The van der Waals surface area contributed by atoms with Crippen molar-refractivity contribution in [1.29, 1.82) is 0 Å². The van der Waals surface area contributed by atoms with Gasteiger partial charge in [0.1, 0.15) is 24.1 Å². The molecule has 0 N–H and O–H groups in total. The van der Waals surface area contributed by atoms with Crippen molar-refractivity contribution in [3.63, 3.8) is 0 Å². The molecule has 0 radical (unpaired) electrons. The quantitative estimate of drug-likeness (QED) is 0.757. The van der Waals surface area contributed by atoms with Crippen molar-refractivity contribution in [2.75, 3.05) is 40.3 Å². The highest BCUT2D eigenvalue weighted by Gasteiger charge is 2.28. The Kier molecular flexibility index (Phi) is 5.73. The Morgan fingerprint density at radius 1 is 1.13 bits per heavy atom. The lowest BCUT2D eigenvalue weighted by Crippen LogP contribution is -2.45. The van der Waals surface area contributed by atoms with E-state index >= 15 is 0 Å². The van der Waals surface area contributed by atoms with Crippen molar-refractivity contribution in [1.82, 2.24) is 19.3 Å². The second-order valence-corrected chi connectivity index (χ2v) is 8.86. The molecule has 0 aliphatic carbocycles. The molecular weight excluding hydrogens is 380 g/mol. The minimum absolute atomic E-state index is 0.0629. The Morgan fingerprint density at radius 2 is 1.87 bits per heavy atom. The first-order chi connectivity index (χ1) is 14.3. The number of amides is 2. The van der Waals surface area contributed by atoms with Gasteiger partial charge in [-0.1, -0.05) is 0 Å². The lowest BCUT2D eigenvalue weighted by Gasteiger charge is -2.34. The first-order valence-electron chi connectivity index (χ1n) is 10.9. The minimum Gasteiger partial charge on any atom is -0.490 e. The maximum Gasteiger partial charge on any atom is 0.271 e. The number of carbonyl (C=O) groups is 2. The first kappa shape index (κ1) is 20.7. The van der Waals surface area contributed by atoms with Crippen molar-refractivity contribution in [3.05, 3.63) is 30.0 Å². The van der Waals surface area contributed by atoms with Gasteiger partial charge in [-0.2, -0.15) is 0 Å². The fourth-order valence-electron chi connectivity index (χ4n) is 4.38. The largest absolute Gasteiger partial charge is 0.490 e. The van der Waals surface area contributed by atoms with Crippen LogP contribution in [0, 0.1) is 0 Å². The Labute approximate surface area is 178 Å². The van der Waals surface area contributed by atoms with Crippen LogP contribution in [0.4, 0.5) is 0 Å². The number of benzene rings is 1. The van der Waals surface area contributed by atoms with Crippen molar-refractivity contribution >= 4 is 22.7 Å². The van der Waals surface area contributed by atoms with E-state index in [1.165, 1.54) is 4.90 Å². The molecule has 2 aromatic rings. The molecule has 1 saturated heterocycles. The standard InChI is InChI=1S/C23H32N4O3/c1-16(2)25-9-7-18(8-10-25)30-19-5-6-20-17(13-19)14-21-23(29)26(11-12-27(20)21)15-22(28)24(3)4/h5-6,13-14,16,18H,7-12,15H2,1-4H3. The Hall–Kier alpha value is -2.54. The van der Waals surface area contributed by atoms with Gasteiger partial charge in [0.05, 0.1) is 0 Å². The third-order valence-electron chi connectivity index (χ3n) is 6.31. The molecule has 1 aromatic carbocycles. The Bertz CT molecular complexity index is 941. The monoisotopic (exact) mass is 412 g/mol. The highest BCUT2D eigenvalue weighted by molar-refractivity contribution is 6.01. The summed E-state index contributed by atoms with van der Waals surface area (Å²) in [7, 11) is 3.42. The molecule has 2 aliphatic heterocycles. The molecule has 7 nitrogen and oxygen atoms in total. The lowest BCUT2D eigenvalue weighted by atomic mass is 10.1. The molecule has 0 bridgehead atoms. The van der Waals surface area contributed by atoms with Gasteiger partial charge in [0.2, 0.25) is 5.91 Å². The van der Waals surface area contributed by atoms with Gasteiger partial charge < -0.3 is 24.0 Å². The van der Waals surface area contributed by atoms with Crippen LogP contribution in [0.1, 0.15) is 37.2 Å². The summed E-state index contributed by atoms with van der Waals surface area (Å²) in [4.78, 5) is 30.6. The fraction of sp³-hybridized carbons (Fsp3) is 0.565.